The number of rotatable bonds is 4. The lowest BCUT2D eigenvalue weighted by Gasteiger charge is -2.26. The average molecular weight is 382 g/mol. The van der Waals surface area contributed by atoms with Gasteiger partial charge in [-0.1, -0.05) is 6.07 Å². The number of nitrogens with one attached hydrogen (secondary N) is 3. The van der Waals surface area contributed by atoms with E-state index in [0.717, 1.165) is 30.5 Å². The van der Waals surface area contributed by atoms with E-state index in [2.05, 4.69) is 20.3 Å². The number of benzene rings is 1. The van der Waals surface area contributed by atoms with Crippen LogP contribution in [-0.4, -0.2) is 25.4 Å². The number of anilines is 1. The monoisotopic (exact) mass is 382 g/mol. The molecule has 28 heavy (non-hydrogen) atoms. The molecule has 0 bridgehead atoms. The largest absolute Gasteiger partial charge is 0.399 e. The predicted octanol–water partition coefficient (Wildman–Crippen LogP) is 0.658. The van der Waals surface area contributed by atoms with Gasteiger partial charge in [-0.05, 0) is 42.5 Å². The molecule has 1 atom stereocenters. The smallest absolute Gasteiger partial charge is 0.329 e. The summed E-state index contributed by atoms with van der Waals surface area (Å²) in [6, 6.07) is 5.81. The number of carbonyl (C=O) groups is 1. The minimum atomic E-state index is -0.523. The molecule has 9 heteroatoms. The Bertz CT molecular complexity index is 1170. The molecule has 0 saturated carbocycles. The van der Waals surface area contributed by atoms with Crippen molar-refractivity contribution in [2.24, 2.45) is 7.05 Å². The van der Waals surface area contributed by atoms with Crippen molar-refractivity contribution in [1.29, 1.82) is 0 Å². The Kier molecular flexibility index (Phi) is 4.50. The summed E-state index contributed by atoms with van der Waals surface area (Å²) in [5.41, 5.74) is 8.38. The highest BCUT2D eigenvalue weighted by molar-refractivity contribution is 5.77. The summed E-state index contributed by atoms with van der Waals surface area (Å²) in [6.07, 6.45) is 3.44. The number of amides is 1. The van der Waals surface area contributed by atoms with Gasteiger partial charge < -0.3 is 16.0 Å². The van der Waals surface area contributed by atoms with Gasteiger partial charge in [0.2, 0.25) is 5.91 Å². The lowest BCUT2D eigenvalue weighted by atomic mass is 9.87. The molecule has 2 heterocycles. The molecule has 0 spiro atoms. The standard InChI is InChI=1S/C19H22N6O3/c1-25-17-16(18(27)24-19(25)28)22-14(23-17)7-8-15(26)21-13-4-2-3-10-9-11(20)5-6-12(10)13/h5-6,9,13H,2-4,7-8,20H2,1H3,(H,21,26)(H,22,23)(H,24,27,28). The quantitative estimate of drug-likeness (QED) is 0.491. The van der Waals surface area contributed by atoms with Crippen molar-refractivity contribution in [2.45, 2.75) is 38.1 Å². The highest BCUT2D eigenvalue weighted by Crippen LogP contribution is 2.31. The molecule has 1 aliphatic carbocycles. The number of fused-ring (bicyclic) bond motifs is 2. The third-order valence-corrected chi connectivity index (χ3v) is 5.21. The van der Waals surface area contributed by atoms with Crippen LogP contribution in [0.1, 0.15) is 42.3 Å². The third kappa shape index (κ3) is 3.30. The zero-order chi connectivity index (χ0) is 19.8. The second kappa shape index (κ2) is 6.99. The number of aromatic amines is 2. The fourth-order valence-corrected chi connectivity index (χ4v) is 3.75. The SMILES string of the molecule is Cn1c(=O)[nH]c(=O)c2[nH]c(CCC(=O)NC3CCCc4cc(N)ccc43)nc21. The molecular weight excluding hydrogens is 360 g/mol. The van der Waals surface area contributed by atoms with Crippen molar-refractivity contribution in [3.05, 3.63) is 56.0 Å². The van der Waals surface area contributed by atoms with Crippen LogP contribution < -0.4 is 22.3 Å². The first kappa shape index (κ1) is 18.0. The second-order valence-electron chi connectivity index (χ2n) is 7.17. The number of nitrogen functional groups attached to an aromatic ring is 1. The van der Waals surface area contributed by atoms with Crippen LogP contribution in [0, 0.1) is 0 Å². The van der Waals surface area contributed by atoms with Crippen LogP contribution in [0.15, 0.2) is 27.8 Å². The number of aryl methyl sites for hydroxylation is 3. The van der Waals surface area contributed by atoms with E-state index < -0.39 is 11.2 Å². The topological polar surface area (TPSA) is 139 Å². The van der Waals surface area contributed by atoms with Crippen LogP contribution in [0.4, 0.5) is 5.69 Å². The van der Waals surface area contributed by atoms with Gasteiger partial charge >= 0.3 is 5.69 Å². The lowest BCUT2D eigenvalue weighted by Crippen LogP contribution is -2.31. The van der Waals surface area contributed by atoms with Crippen molar-refractivity contribution >= 4 is 22.8 Å². The molecule has 1 aliphatic rings. The number of hydrogen-bond donors (Lipinski definition) is 4. The van der Waals surface area contributed by atoms with Gasteiger partial charge in [0.1, 0.15) is 11.3 Å². The maximum Gasteiger partial charge on any atom is 0.329 e. The molecular formula is C19H22N6O3. The molecule has 0 aliphatic heterocycles. The maximum atomic E-state index is 12.5. The number of hydrogen-bond acceptors (Lipinski definition) is 5. The summed E-state index contributed by atoms with van der Waals surface area (Å²) >= 11 is 0. The Balaban J connectivity index is 1.45. The van der Waals surface area contributed by atoms with Crippen LogP contribution in [0.5, 0.6) is 0 Å². The van der Waals surface area contributed by atoms with Crippen molar-refractivity contribution < 1.29 is 4.79 Å². The molecule has 1 aromatic carbocycles. The number of nitrogens with two attached hydrogens (primary N) is 1. The van der Waals surface area contributed by atoms with Gasteiger partial charge in [-0.2, -0.15) is 0 Å². The summed E-state index contributed by atoms with van der Waals surface area (Å²) in [7, 11) is 1.53. The van der Waals surface area contributed by atoms with Crippen LogP contribution in [0.3, 0.4) is 0 Å². The molecule has 5 N–H and O–H groups in total. The minimum absolute atomic E-state index is 0.0174. The molecule has 1 amide bonds. The Morgan fingerprint density at radius 1 is 1.36 bits per heavy atom. The van der Waals surface area contributed by atoms with Crippen molar-refractivity contribution in [1.82, 2.24) is 24.8 Å². The first-order valence-corrected chi connectivity index (χ1v) is 9.28. The minimum Gasteiger partial charge on any atom is -0.399 e. The van der Waals surface area contributed by atoms with Gasteiger partial charge in [-0.15, -0.1) is 0 Å². The van der Waals surface area contributed by atoms with Crippen molar-refractivity contribution in [3.63, 3.8) is 0 Å². The van der Waals surface area contributed by atoms with Gasteiger partial charge in [-0.25, -0.2) is 9.78 Å². The molecule has 0 radical (unpaired) electrons. The molecule has 146 valence electrons. The van der Waals surface area contributed by atoms with Gasteiger partial charge in [0.15, 0.2) is 5.65 Å². The molecule has 4 rings (SSSR count). The first-order valence-electron chi connectivity index (χ1n) is 9.28. The highest BCUT2D eigenvalue weighted by atomic mass is 16.2. The first-order chi connectivity index (χ1) is 13.4. The molecule has 0 fully saturated rings. The van der Waals surface area contributed by atoms with E-state index >= 15 is 0 Å². The predicted molar refractivity (Wildman–Crippen MR) is 105 cm³/mol. The Morgan fingerprint density at radius 3 is 3.00 bits per heavy atom. The zero-order valence-electron chi connectivity index (χ0n) is 15.5. The third-order valence-electron chi connectivity index (χ3n) is 5.21. The van der Waals surface area contributed by atoms with E-state index in [1.165, 1.54) is 17.2 Å². The van der Waals surface area contributed by atoms with Crippen LogP contribution in [0.25, 0.3) is 11.2 Å². The van der Waals surface area contributed by atoms with E-state index in [1.807, 2.05) is 18.2 Å². The van der Waals surface area contributed by atoms with Crippen molar-refractivity contribution in [3.8, 4) is 0 Å². The fourth-order valence-electron chi connectivity index (χ4n) is 3.75. The van der Waals surface area contributed by atoms with E-state index in [0.29, 0.717) is 12.2 Å². The van der Waals surface area contributed by atoms with E-state index in [-0.39, 0.29) is 29.5 Å². The van der Waals surface area contributed by atoms with Crippen LogP contribution in [0.2, 0.25) is 0 Å². The Hall–Kier alpha value is -3.36. The van der Waals surface area contributed by atoms with E-state index in [4.69, 9.17) is 5.73 Å². The van der Waals surface area contributed by atoms with Crippen molar-refractivity contribution in [2.75, 3.05) is 5.73 Å². The van der Waals surface area contributed by atoms with E-state index in [9.17, 15) is 14.4 Å². The summed E-state index contributed by atoms with van der Waals surface area (Å²) < 4.78 is 1.27. The molecule has 9 nitrogen and oxygen atoms in total. The van der Waals surface area contributed by atoms with Crippen LogP contribution in [-0.2, 0) is 24.7 Å². The average Bonchev–Trinajstić information content (AvgIpc) is 3.10. The zero-order valence-corrected chi connectivity index (χ0v) is 15.5. The molecule has 3 aromatic rings. The summed E-state index contributed by atoms with van der Waals surface area (Å²) in [5, 5.41) is 3.09. The van der Waals surface area contributed by atoms with Gasteiger partial charge in [-0.3, -0.25) is 19.1 Å². The van der Waals surface area contributed by atoms with Gasteiger partial charge in [0.05, 0.1) is 6.04 Å². The number of aromatic nitrogens is 4. The van der Waals surface area contributed by atoms with E-state index in [1.54, 1.807) is 0 Å². The highest BCUT2D eigenvalue weighted by Gasteiger charge is 2.22. The number of carbonyl (C=O) groups excluding carboxylic acids is 1. The maximum absolute atomic E-state index is 12.5. The normalized spacial score (nSPS) is 16.1. The molecule has 2 aromatic heterocycles. The molecule has 1 unspecified atom stereocenters. The molecule has 0 saturated heterocycles. The Morgan fingerprint density at radius 2 is 2.18 bits per heavy atom. The fraction of sp³-hybridized carbons (Fsp3) is 0.368. The van der Waals surface area contributed by atoms with Gasteiger partial charge in [0, 0.05) is 25.6 Å². The lowest BCUT2D eigenvalue weighted by molar-refractivity contribution is -0.121. The summed E-state index contributed by atoms with van der Waals surface area (Å²) in [4.78, 5) is 45.4. The Labute approximate surface area is 160 Å². The summed E-state index contributed by atoms with van der Waals surface area (Å²) in [6.45, 7) is 0. The number of H-pyrrole nitrogens is 2. The number of nitrogens with zero attached hydrogens (tertiary/aromatic N) is 2. The summed E-state index contributed by atoms with van der Waals surface area (Å²) in [5.74, 6) is 0.409. The van der Waals surface area contributed by atoms with Gasteiger partial charge in [0.25, 0.3) is 5.56 Å². The second-order valence-corrected chi connectivity index (χ2v) is 7.17. The van der Waals surface area contributed by atoms with Crippen LogP contribution >= 0.6 is 0 Å². The number of imidazole rings is 1.